The molecular weight excluding hydrogens is 280 g/mol. The number of aliphatic imine (C=N–C) groups is 1. The first-order chi connectivity index (χ1) is 7.10. The van der Waals surface area contributed by atoms with Crippen LogP contribution in [0.1, 0.15) is 11.1 Å². The van der Waals surface area contributed by atoms with E-state index in [1.165, 1.54) is 6.07 Å². The monoisotopic (exact) mass is 286 g/mol. The van der Waals surface area contributed by atoms with Crippen molar-refractivity contribution in [2.45, 2.75) is 12.3 Å². The predicted molar refractivity (Wildman–Crippen MR) is 65.2 cm³/mol. The molecule has 0 aliphatic rings. The third-order valence-corrected chi connectivity index (χ3v) is 2.64. The van der Waals surface area contributed by atoms with E-state index in [-0.39, 0.29) is 11.4 Å². The summed E-state index contributed by atoms with van der Waals surface area (Å²) in [6, 6.07) is 3.13. The number of nitrogens with zero attached hydrogens (tertiary/aromatic N) is 2. The van der Waals surface area contributed by atoms with Gasteiger partial charge in [-0.2, -0.15) is 4.99 Å². The van der Waals surface area contributed by atoms with Crippen LogP contribution in [-0.4, -0.2) is 10.1 Å². The summed E-state index contributed by atoms with van der Waals surface area (Å²) in [5, 5.41) is 13.5. The Balaban J connectivity index is 3.44. The molecule has 1 aromatic carbocycles. The minimum Gasteiger partial charge on any atom is -0.258 e. The second kappa shape index (κ2) is 5.11. The molecule has 4 nitrogen and oxygen atoms in total. The zero-order valence-corrected chi connectivity index (χ0v) is 10.3. The molecule has 6 heteroatoms. The van der Waals surface area contributed by atoms with Gasteiger partial charge in [-0.15, -0.1) is 0 Å². The van der Waals surface area contributed by atoms with E-state index in [0.717, 1.165) is 11.1 Å². The molecule has 0 N–H and O–H groups in total. The lowest BCUT2D eigenvalue weighted by Gasteiger charge is -2.03. The summed E-state index contributed by atoms with van der Waals surface area (Å²) in [5.74, 6) is 0. The molecule has 0 amide bonds. The smallest absolute Gasteiger partial charge is 0.258 e. The Morgan fingerprint density at radius 2 is 2.33 bits per heavy atom. The van der Waals surface area contributed by atoms with E-state index < -0.39 is 4.92 Å². The van der Waals surface area contributed by atoms with Gasteiger partial charge in [-0.3, -0.25) is 10.1 Å². The molecule has 1 aromatic rings. The Hall–Kier alpha value is -1.10. The fourth-order valence-corrected chi connectivity index (χ4v) is 1.86. The Kier molecular flexibility index (Phi) is 4.08. The van der Waals surface area contributed by atoms with Gasteiger partial charge >= 0.3 is 0 Å². The fraction of sp³-hybridized carbons (Fsp3) is 0.222. The molecule has 0 heterocycles. The molecule has 0 saturated heterocycles. The lowest BCUT2D eigenvalue weighted by atomic mass is 10.1. The number of nitro benzene ring substituents is 1. The van der Waals surface area contributed by atoms with Crippen molar-refractivity contribution in [3.63, 3.8) is 0 Å². The van der Waals surface area contributed by atoms with Crippen molar-refractivity contribution in [2.24, 2.45) is 4.99 Å². The van der Waals surface area contributed by atoms with Crippen molar-refractivity contribution in [1.29, 1.82) is 0 Å². The van der Waals surface area contributed by atoms with Gasteiger partial charge in [0.05, 0.1) is 10.1 Å². The minimum absolute atomic E-state index is 0.0487. The van der Waals surface area contributed by atoms with Crippen LogP contribution in [0.15, 0.2) is 17.1 Å². The maximum atomic E-state index is 10.7. The normalized spacial score (nSPS) is 9.47. The predicted octanol–water partition coefficient (Wildman–Crippen LogP) is 3.53. The third-order valence-electron chi connectivity index (χ3n) is 1.94. The van der Waals surface area contributed by atoms with Crippen LogP contribution in [0.25, 0.3) is 0 Å². The summed E-state index contributed by atoms with van der Waals surface area (Å²) in [6.45, 7) is 1.86. The van der Waals surface area contributed by atoms with E-state index in [2.05, 4.69) is 38.3 Å². The average molecular weight is 287 g/mol. The highest BCUT2D eigenvalue weighted by Crippen LogP contribution is 2.31. The molecule has 0 unspecified atom stereocenters. The highest BCUT2D eigenvalue weighted by molar-refractivity contribution is 9.08. The van der Waals surface area contributed by atoms with Gasteiger partial charge in [0.1, 0.15) is 0 Å². The van der Waals surface area contributed by atoms with Crippen LogP contribution < -0.4 is 0 Å². The number of alkyl halides is 1. The largest absolute Gasteiger partial charge is 0.295 e. The molecule has 0 aromatic heterocycles. The number of rotatable bonds is 3. The molecular formula is C9H7BrN2O2S. The zero-order valence-electron chi connectivity index (χ0n) is 7.86. The number of aryl methyl sites for hydroxylation is 1. The standard InChI is InChI=1S/C9H7BrN2O2S/c1-6-2-8(11-5-15)9(12(13)14)3-7(6)4-10/h2-3H,4H2,1H3. The Labute approximate surface area is 100 Å². The van der Waals surface area contributed by atoms with E-state index in [0.29, 0.717) is 5.33 Å². The summed E-state index contributed by atoms with van der Waals surface area (Å²) < 4.78 is 0. The first-order valence-corrected chi connectivity index (χ1v) is 5.55. The fourth-order valence-electron chi connectivity index (χ4n) is 1.15. The number of isothiocyanates is 1. The van der Waals surface area contributed by atoms with E-state index in [9.17, 15) is 10.1 Å². The van der Waals surface area contributed by atoms with Gasteiger partial charge in [0.2, 0.25) is 0 Å². The van der Waals surface area contributed by atoms with Gasteiger partial charge in [-0.25, -0.2) is 0 Å². The number of halogens is 1. The number of thiocarbonyl (C=S) groups is 1. The van der Waals surface area contributed by atoms with E-state index >= 15 is 0 Å². The molecule has 0 atom stereocenters. The van der Waals surface area contributed by atoms with Crippen molar-refractivity contribution < 1.29 is 4.92 Å². The highest BCUT2D eigenvalue weighted by atomic mass is 79.9. The molecule has 0 spiro atoms. The summed E-state index contributed by atoms with van der Waals surface area (Å²) >= 11 is 7.70. The van der Waals surface area contributed by atoms with Crippen LogP contribution in [-0.2, 0) is 5.33 Å². The van der Waals surface area contributed by atoms with Gasteiger partial charge in [-0.1, -0.05) is 15.9 Å². The van der Waals surface area contributed by atoms with E-state index in [1.807, 2.05) is 6.92 Å². The van der Waals surface area contributed by atoms with Crippen LogP contribution >= 0.6 is 28.1 Å². The number of nitro groups is 1. The molecule has 0 radical (unpaired) electrons. The van der Waals surface area contributed by atoms with Crippen LogP contribution in [0.2, 0.25) is 0 Å². The highest BCUT2D eigenvalue weighted by Gasteiger charge is 2.15. The van der Waals surface area contributed by atoms with Crippen molar-refractivity contribution in [2.75, 3.05) is 0 Å². The Bertz CT molecular complexity index is 456. The SMILES string of the molecule is Cc1cc(N=C=S)c([N+](=O)[O-])cc1CBr. The van der Waals surface area contributed by atoms with E-state index in [1.54, 1.807) is 6.07 Å². The maximum Gasteiger partial charge on any atom is 0.295 e. The molecule has 0 saturated carbocycles. The first kappa shape index (κ1) is 12.0. The summed E-state index contributed by atoms with van der Waals surface area (Å²) in [7, 11) is 0. The molecule has 78 valence electrons. The first-order valence-electron chi connectivity index (χ1n) is 4.02. The molecule has 0 bridgehead atoms. The van der Waals surface area contributed by atoms with Crippen LogP contribution in [0.3, 0.4) is 0 Å². The molecule has 0 aliphatic heterocycles. The third kappa shape index (κ3) is 2.68. The van der Waals surface area contributed by atoms with Crippen LogP contribution in [0, 0.1) is 17.0 Å². The number of benzene rings is 1. The second-order valence-electron chi connectivity index (χ2n) is 2.86. The van der Waals surface area contributed by atoms with Gasteiger partial charge in [-0.05, 0) is 36.3 Å². The number of hydrogen-bond donors (Lipinski definition) is 0. The minimum atomic E-state index is -0.475. The topological polar surface area (TPSA) is 55.5 Å². The van der Waals surface area contributed by atoms with Crippen LogP contribution in [0.5, 0.6) is 0 Å². The van der Waals surface area contributed by atoms with Crippen molar-refractivity contribution in [3.05, 3.63) is 33.4 Å². The van der Waals surface area contributed by atoms with Crippen molar-refractivity contribution in [3.8, 4) is 0 Å². The lowest BCUT2D eigenvalue weighted by molar-refractivity contribution is -0.384. The van der Waals surface area contributed by atoms with E-state index in [4.69, 9.17) is 0 Å². The summed E-state index contributed by atoms with van der Waals surface area (Å²) in [5.41, 5.74) is 2.00. The van der Waals surface area contributed by atoms with Gasteiger partial charge in [0.15, 0.2) is 5.69 Å². The van der Waals surface area contributed by atoms with Crippen molar-refractivity contribution >= 4 is 44.7 Å². The van der Waals surface area contributed by atoms with Gasteiger partial charge in [0, 0.05) is 11.4 Å². The van der Waals surface area contributed by atoms with Crippen LogP contribution in [0.4, 0.5) is 11.4 Å². The average Bonchev–Trinajstić information content (AvgIpc) is 2.18. The molecule has 0 fully saturated rings. The van der Waals surface area contributed by atoms with Gasteiger partial charge in [0.25, 0.3) is 5.69 Å². The van der Waals surface area contributed by atoms with Crippen molar-refractivity contribution in [1.82, 2.24) is 0 Å². The Morgan fingerprint density at radius 3 is 2.80 bits per heavy atom. The quantitative estimate of drug-likeness (QED) is 0.281. The second-order valence-corrected chi connectivity index (χ2v) is 3.60. The summed E-state index contributed by atoms with van der Waals surface area (Å²) in [4.78, 5) is 13.9. The maximum absolute atomic E-state index is 10.7. The lowest BCUT2D eigenvalue weighted by Crippen LogP contribution is -1.92. The zero-order chi connectivity index (χ0) is 11.4. The molecule has 0 aliphatic carbocycles. The van der Waals surface area contributed by atoms with Gasteiger partial charge < -0.3 is 0 Å². The number of hydrogen-bond acceptors (Lipinski definition) is 4. The summed E-state index contributed by atoms with van der Waals surface area (Å²) in [6.07, 6.45) is 0. The molecule has 15 heavy (non-hydrogen) atoms. The Morgan fingerprint density at radius 1 is 1.67 bits per heavy atom. The molecule has 1 rings (SSSR count).